The van der Waals surface area contributed by atoms with Gasteiger partial charge in [0.05, 0.1) is 11.3 Å². The summed E-state index contributed by atoms with van der Waals surface area (Å²) in [5.74, 6) is 10.4. The molecule has 2 aromatic rings. The van der Waals surface area contributed by atoms with Crippen LogP contribution in [0.4, 0.5) is 11.6 Å². The molecule has 10 heteroatoms. The molecule has 166 valence electrons. The number of hydrogen-bond donors (Lipinski definition) is 3. The van der Waals surface area contributed by atoms with Crippen molar-refractivity contribution >= 4 is 33.4 Å². The average molecular weight is 469 g/mol. The highest BCUT2D eigenvalue weighted by atomic mass is 32.3. The lowest BCUT2D eigenvalue weighted by molar-refractivity contribution is 0.496. The number of sulfonamides is 1. The molecule has 1 fully saturated rings. The molecule has 4 rings (SSSR count). The van der Waals surface area contributed by atoms with Crippen molar-refractivity contribution in [2.45, 2.75) is 57.2 Å². The highest BCUT2D eigenvalue weighted by Gasteiger charge is 2.30. The lowest BCUT2D eigenvalue weighted by Crippen LogP contribution is -2.40. The van der Waals surface area contributed by atoms with Gasteiger partial charge in [-0.05, 0) is 40.5 Å². The van der Waals surface area contributed by atoms with Crippen molar-refractivity contribution in [2.75, 3.05) is 5.32 Å². The number of thioether (sulfide) groups is 1. The van der Waals surface area contributed by atoms with Gasteiger partial charge in [-0.15, -0.1) is 6.42 Å². The molecular formula is C22H24N6O2S2. The second-order valence-electron chi connectivity index (χ2n) is 8.75. The monoisotopic (exact) mass is 468 g/mol. The quantitative estimate of drug-likeness (QED) is 0.557. The van der Waals surface area contributed by atoms with Gasteiger partial charge in [0.15, 0.2) is 17.5 Å². The Bertz CT molecular complexity index is 1300. The van der Waals surface area contributed by atoms with E-state index in [0.29, 0.717) is 34.6 Å². The summed E-state index contributed by atoms with van der Waals surface area (Å²) in [4.78, 5) is 9.12. The topological polar surface area (TPSA) is 113 Å². The number of allylic oxidation sites excluding steroid dienone is 1. The number of H-pyrrole nitrogens is 1. The van der Waals surface area contributed by atoms with Crippen molar-refractivity contribution in [3.05, 3.63) is 39.2 Å². The van der Waals surface area contributed by atoms with Crippen molar-refractivity contribution < 1.29 is 8.42 Å². The van der Waals surface area contributed by atoms with Crippen LogP contribution in [0.2, 0.25) is 0 Å². The summed E-state index contributed by atoms with van der Waals surface area (Å²) in [5, 5.41) is 9.97. The molecule has 0 amide bonds. The number of terminal acetylenes is 1. The van der Waals surface area contributed by atoms with Gasteiger partial charge in [-0.2, -0.15) is 5.10 Å². The fourth-order valence-corrected chi connectivity index (χ4v) is 5.91. The Kier molecular flexibility index (Phi) is 5.80. The minimum Gasteiger partial charge on any atom is -0.322 e. The van der Waals surface area contributed by atoms with Crippen LogP contribution >= 0.6 is 11.8 Å². The first kappa shape index (κ1) is 22.4. The predicted octanol–water partition coefficient (Wildman–Crippen LogP) is 3.46. The summed E-state index contributed by atoms with van der Waals surface area (Å²) < 4.78 is 28.3. The molecular weight excluding hydrogens is 444 g/mol. The second kappa shape index (κ2) is 8.28. The van der Waals surface area contributed by atoms with E-state index in [4.69, 9.17) is 6.42 Å². The van der Waals surface area contributed by atoms with Gasteiger partial charge in [0.2, 0.25) is 10.0 Å². The number of nitrogens with zero attached hydrogens (tertiary/aromatic N) is 3. The molecule has 0 saturated heterocycles. The Hall–Kier alpha value is -2.79. The normalized spacial score (nSPS) is 18.3. The average Bonchev–Trinajstić information content (AvgIpc) is 3.45. The van der Waals surface area contributed by atoms with Crippen LogP contribution in [-0.4, -0.2) is 34.1 Å². The zero-order chi connectivity index (χ0) is 23.1. The van der Waals surface area contributed by atoms with Crippen LogP contribution in [0.15, 0.2) is 16.4 Å². The minimum atomic E-state index is -3.71. The summed E-state index contributed by atoms with van der Waals surface area (Å²) in [7, 11) is -3.71. The number of aromatic nitrogens is 4. The van der Waals surface area contributed by atoms with Crippen molar-refractivity contribution in [2.24, 2.45) is 0 Å². The highest BCUT2D eigenvalue weighted by Crippen LogP contribution is 2.40. The van der Waals surface area contributed by atoms with Gasteiger partial charge < -0.3 is 5.32 Å². The number of nitrogens with one attached hydrogen (secondary N) is 3. The maximum atomic E-state index is 12.8. The van der Waals surface area contributed by atoms with Gasteiger partial charge in [-0.25, -0.2) is 23.1 Å². The Morgan fingerprint density at radius 2 is 2.06 bits per heavy atom. The van der Waals surface area contributed by atoms with Crippen molar-refractivity contribution in [3.8, 4) is 24.2 Å². The lowest BCUT2D eigenvalue weighted by atomic mass is 10.1. The third-order valence-corrected chi connectivity index (χ3v) is 8.08. The maximum absolute atomic E-state index is 12.8. The zero-order valence-corrected chi connectivity index (χ0v) is 19.9. The van der Waals surface area contributed by atoms with Crippen LogP contribution in [0.25, 0.3) is 0 Å². The molecule has 1 aliphatic carbocycles. The van der Waals surface area contributed by atoms with Crippen LogP contribution in [0.1, 0.15) is 67.6 Å². The van der Waals surface area contributed by atoms with Crippen LogP contribution in [-0.2, 0) is 10.0 Å². The first-order chi connectivity index (χ1) is 15.1. The largest absolute Gasteiger partial charge is 0.322 e. The summed E-state index contributed by atoms with van der Waals surface area (Å²) >= 11 is 1.10. The third kappa shape index (κ3) is 4.99. The molecule has 2 aliphatic rings. The van der Waals surface area contributed by atoms with Gasteiger partial charge in [0.1, 0.15) is 9.49 Å². The van der Waals surface area contributed by atoms with Gasteiger partial charge in [-0.1, -0.05) is 29.5 Å². The van der Waals surface area contributed by atoms with Crippen LogP contribution in [0.5, 0.6) is 0 Å². The van der Waals surface area contributed by atoms with E-state index < -0.39 is 20.8 Å². The predicted molar refractivity (Wildman–Crippen MR) is 127 cm³/mol. The van der Waals surface area contributed by atoms with E-state index in [-0.39, 0.29) is 4.24 Å². The van der Waals surface area contributed by atoms with Gasteiger partial charge in [0.25, 0.3) is 0 Å². The molecule has 2 aromatic heterocycles. The van der Waals surface area contributed by atoms with E-state index in [1.54, 1.807) is 27.7 Å². The maximum Gasteiger partial charge on any atom is 0.247 e. The summed E-state index contributed by atoms with van der Waals surface area (Å²) in [5.41, 5.74) is 1.60. The number of aromatic amines is 1. The third-order valence-electron chi connectivity index (χ3n) is 4.69. The molecule has 1 aliphatic heterocycles. The van der Waals surface area contributed by atoms with Crippen molar-refractivity contribution in [3.63, 3.8) is 0 Å². The Morgan fingerprint density at radius 1 is 1.31 bits per heavy atom. The van der Waals surface area contributed by atoms with E-state index in [2.05, 4.69) is 48.0 Å². The van der Waals surface area contributed by atoms with E-state index in [1.807, 2.05) is 6.07 Å². The summed E-state index contributed by atoms with van der Waals surface area (Å²) in [6.45, 7) is 7.15. The molecule has 3 heterocycles. The van der Waals surface area contributed by atoms with Gasteiger partial charge in [0, 0.05) is 29.3 Å². The molecule has 0 spiro atoms. The fourth-order valence-electron chi connectivity index (χ4n) is 3.17. The number of hydrogen-bond acceptors (Lipinski definition) is 7. The molecule has 1 atom stereocenters. The smallest absolute Gasteiger partial charge is 0.247 e. The molecule has 0 bridgehead atoms. The van der Waals surface area contributed by atoms with E-state index >= 15 is 0 Å². The molecule has 3 N–H and O–H groups in total. The summed E-state index contributed by atoms with van der Waals surface area (Å²) in [6, 6.07) is 1.95. The summed E-state index contributed by atoms with van der Waals surface area (Å²) in [6.07, 6.45) is 9.43. The molecule has 1 unspecified atom stereocenters. The van der Waals surface area contributed by atoms with E-state index in [1.165, 1.54) is 6.08 Å². The van der Waals surface area contributed by atoms with Crippen LogP contribution in [0.3, 0.4) is 0 Å². The first-order valence-electron chi connectivity index (χ1n) is 10.1. The molecule has 0 aromatic carbocycles. The number of aryl methyl sites for hydroxylation is 1. The number of rotatable bonds is 6. The van der Waals surface area contributed by atoms with Gasteiger partial charge >= 0.3 is 0 Å². The van der Waals surface area contributed by atoms with Crippen molar-refractivity contribution in [1.29, 1.82) is 0 Å². The fraction of sp³-hybridized carbons (Fsp3) is 0.409. The molecule has 1 saturated carbocycles. The number of anilines is 2. The van der Waals surface area contributed by atoms with Crippen molar-refractivity contribution in [1.82, 2.24) is 24.9 Å². The molecule has 32 heavy (non-hydrogen) atoms. The van der Waals surface area contributed by atoms with Gasteiger partial charge in [-0.3, -0.25) is 5.10 Å². The zero-order valence-electron chi connectivity index (χ0n) is 18.3. The Labute approximate surface area is 192 Å². The highest BCUT2D eigenvalue weighted by molar-refractivity contribution is 8.18. The second-order valence-corrected chi connectivity index (χ2v) is 11.8. The SMILES string of the molecule is C#Cc1c(C)nc(C2C#CC=C(S(=O)(=O)NC(C)(C)C)S2)nc1Nc1cc(C2CC2)[nH]n1. The van der Waals surface area contributed by atoms with Crippen LogP contribution < -0.4 is 10.0 Å². The first-order valence-corrected chi connectivity index (χ1v) is 12.5. The van der Waals surface area contributed by atoms with Crippen LogP contribution in [0, 0.1) is 31.1 Å². The molecule has 8 nitrogen and oxygen atoms in total. The lowest BCUT2D eigenvalue weighted by Gasteiger charge is -2.23. The minimum absolute atomic E-state index is 0.134. The Balaban J connectivity index is 1.61. The van der Waals surface area contributed by atoms with E-state index in [9.17, 15) is 8.42 Å². The van der Waals surface area contributed by atoms with E-state index in [0.717, 1.165) is 30.3 Å². The standard InChI is InChI=1S/C22H24N6O2S2/c1-6-15-13(2)23-21(25-20(15)24-18-12-16(26-27-18)14-10-11-14)17-8-7-9-19(31-17)32(29,30)28-22(3,4)5/h1,9,12,14,17,28H,10-11H2,2-5H3,(H2,23,24,25,26,27). The Morgan fingerprint density at radius 3 is 2.72 bits per heavy atom. The molecule has 0 radical (unpaired) electrons.